The Kier molecular flexibility index (Phi) is 7.52. The maximum absolute atomic E-state index is 12.9. The van der Waals surface area contributed by atoms with E-state index < -0.39 is 15.9 Å². The highest BCUT2D eigenvalue weighted by Crippen LogP contribution is 2.24. The first kappa shape index (κ1) is 22.7. The van der Waals surface area contributed by atoms with Crippen LogP contribution in [0.1, 0.15) is 40.9 Å². The highest BCUT2D eigenvalue weighted by atomic mass is 35.5. The van der Waals surface area contributed by atoms with Crippen LogP contribution in [0.4, 0.5) is 0 Å². The molecule has 1 heterocycles. The molecule has 1 N–H and O–H groups in total. The van der Waals surface area contributed by atoms with E-state index in [1.54, 1.807) is 0 Å². The van der Waals surface area contributed by atoms with Crippen LogP contribution in [-0.2, 0) is 34.1 Å². The normalized spacial score (nSPS) is 15.2. The van der Waals surface area contributed by atoms with Crippen molar-refractivity contribution in [1.82, 2.24) is 9.62 Å². The first-order valence-corrected chi connectivity index (χ1v) is 11.9. The maximum Gasteiger partial charge on any atom is 0.253 e. The second kappa shape index (κ2) is 9.92. The van der Waals surface area contributed by atoms with Crippen molar-refractivity contribution in [2.45, 2.75) is 38.1 Å². The molecular weight excluding hydrogens is 424 g/mol. The molecule has 30 heavy (non-hydrogen) atoms. The van der Waals surface area contributed by atoms with Crippen LogP contribution in [0.5, 0.6) is 0 Å². The van der Waals surface area contributed by atoms with E-state index in [-0.39, 0.29) is 15.5 Å². The number of amides is 1. The van der Waals surface area contributed by atoms with Gasteiger partial charge in [-0.15, -0.1) is 0 Å². The summed E-state index contributed by atoms with van der Waals surface area (Å²) in [6, 6.07) is 10.5. The minimum Gasteiger partial charge on any atom is -0.379 e. The summed E-state index contributed by atoms with van der Waals surface area (Å²) in [6.07, 6.45) is 1.78. The molecule has 1 saturated heterocycles. The molecule has 0 aliphatic carbocycles. The van der Waals surface area contributed by atoms with E-state index in [2.05, 4.69) is 37.4 Å². The van der Waals surface area contributed by atoms with Gasteiger partial charge in [-0.2, -0.15) is 4.31 Å². The van der Waals surface area contributed by atoms with Gasteiger partial charge < -0.3 is 10.1 Å². The SMILES string of the molecule is CCc1ccc(CC)c(CNC(=O)c2cc(S(=O)(=O)N3CCOCC3)ccc2Cl)c1. The summed E-state index contributed by atoms with van der Waals surface area (Å²) >= 11 is 6.23. The number of aryl methyl sites for hydroxylation is 2. The summed E-state index contributed by atoms with van der Waals surface area (Å²) in [5.41, 5.74) is 3.57. The fourth-order valence-corrected chi connectivity index (χ4v) is 5.09. The monoisotopic (exact) mass is 450 g/mol. The third-order valence-corrected chi connectivity index (χ3v) is 7.51. The molecule has 0 saturated carbocycles. The van der Waals surface area contributed by atoms with Crippen molar-refractivity contribution < 1.29 is 17.9 Å². The molecule has 0 spiro atoms. The van der Waals surface area contributed by atoms with E-state index in [1.165, 1.54) is 33.6 Å². The van der Waals surface area contributed by atoms with Crippen LogP contribution in [0.15, 0.2) is 41.3 Å². The molecule has 0 atom stereocenters. The summed E-state index contributed by atoms with van der Waals surface area (Å²) in [6.45, 7) is 5.81. The minimum atomic E-state index is -3.71. The first-order valence-electron chi connectivity index (χ1n) is 10.1. The second-order valence-corrected chi connectivity index (χ2v) is 9.50. The van der Waals surface area contributed by atoms with Crippen molar-refractivity contribution >= 4 is 27.5 Å². The van der Waals surface area contributed by atoms with Gasteiger partial charge in [-0.3, -0.25) is 4.79 Å². The molecule has 0 bridgehead atoms. The zero-order valence-electron chi connectivity index (χ0n) is 17.3. The third kappa shape index (κ3) is 5.03. The van der Waals surface area contributed by atoms with Gasteiger partial charge in [0.05, 0.1) is 28.7 Å². The van der Waals surface area contributed by atoms with E-state index >= 15 is 0 Å². The Bertz CT molecular complexity index is 1020. The quantitative estimate of drug-likeness (QED) is 0.701. The molecule has 2 aromatic rings. The number of carbonyl (C=O) groups is 1. The lowest BCUT2D eigenvalue weighted by atomic mass is 10.0. The largest absolute Gasteiger partial charge is 0.379 e. The van der Waals surface area contributed by atoms with Gasteiger partial charge >= 0.3 is 0 Å². The van der Waals surface area contributed by atoms with Crippen molar-refractivity contribution in [2.24, 2.45) is 0 Å². The van der Waals surface area contributed by atoms with Gasteiger partial charge in [0.15, 0.2) is 0 Å². The number of nitrogens with zero attached hydrogens (tertiary/aromatic N) is 1. The van der Waals surface area contributed by atoms with Gasteiger partial charge in [0.25, 0.3) is 5.91 Å². The van der Waals surface area contributed by atoms with Crippen molar-refractivity contribution in [3.63, 3.8) is 0 Å². The molecule has 8 heteroatoms. The summed E-state index contributed by atoms with van der Waals surface area (Å²) in [5, 5.41) is 3.10. The van der Waals surface area contributed by atoms with Crippen LogP contribution in [0.2, 0.25) is 5.02 Å². The first-order chi connectivity index (χ1) is 14.4. The number of rotatable bonds is 7. The molecule has 1 aliphatic rings. The molecule has 6 nitrogen and oxygen atoms in total. The minimum absolute atomic E-state index is 0.0566. The number of hydrogen-bond acceptors (Lipinski definition) is 4. The predicted octanol–water partition coefficient (Wildman–Crippen LogP) is 3.42. The molecule has 1 aliphatic heterocycles. The Morgan fingerprint density at radius 2 is 1.80 bits per heavy atom. The smallest absolute Gasteiger partial charge is 0.253 e. The number of ether oxygens (including phenoxy) is 1. The van der Waals surface area contributed by atoms with E-state index in [4.69, 9.17) is 16.3 Å². The summed E-state index contributed by atoms with van der Waals surface area (Å²) in [4.78, 5) is 12.9. The Labute approximate surface area is 183 Å². The van der Waals surface area contributed by atoms with E-state index in [9.17, 15) is 13.2 Å². The molecule has 2 aromatic carbocycles. The van der Waals surface area contributed by atoms with E-state index in [0.29, 0.717) is 32.8 Å². The van der Waals surface area contributed by atoms with Gasteiger partial charge in [-0.25, -0.2) is 8.42 Å². The zero-order chi connectivity index (χ0) is 21.7. The lowest BCUT2D eigenvalue weighted by Gasteiger charge is -2.26. The lowest BCUT2D eigenvalue weighted by Crippen LogP contribution is -2.40. The second-order valence-electron chi connectivity index (χ2n) is 7.15. The molecule has 0 unspecified atom stereocenters. The fraction of sp³-hybridized carbons (Fsp3) is 0.409. The lowest BCUT2D eigenvalue weighted by molar-refractivity contribution is 0.0730. The maximum atomic E-state index is 12.9. The van der Waals surface area contributed by atoms with Gasteiger partial charge in [0.1, 0.15) is 0 Å². The number of nitrogens with one attached hydrogen (secondary N) is 1. The van der Waals surface area contributed by atoms with E-state index in [0.717, 1.165) is 18.4 Å². The number of sulfonamides is 1. The standard InChI is InChI=1S/C22H27ClN2O4S/c1-3-16-5-6-17(4-2)18(13-16)15-24-22(26)20-14-19(7-8-21(20)23)30(27,28)25-9-11-29-12-10-25/h5-8,13-14H,3-4,9-12,15H2,1-2H3,(H,24,26). The van der Waals surface area contributed by atoms with Crippen LogP contribution in [0, 0.1) is 0 Å². The Morgan fingerprint density at radius 3 is 2.47 bits per heavy atom. The molecule has 1 fully saturated rings. The Hall–Kier alpha value is -1.93. The summed E-state index contributed by atoms with van der Waals surface area (Å²) in [7, 11) is -3.71. The number of carbonyl (C=O) groups excluding carboxylic acids is 1. The molecule has 0 radical (unpaired) electrons. The van der Waals surface area contributed by atoms with Crippen LogP contribution in [0.3, 0.4) is 0 Å². The van der Waals surface area contributed by atoms with E-state index in [1.807, 2.05) is 0 Å². The predicted molar refractivity (Wildman–Crippen MR) is 117 cm³/mol. The number of benzene rings is 2. The Morgan fingerprint density at radius 1 is 1.07 bits per heavy atom. The highest BCUT2D eigenvalue weighted by molar-refractivity contribution is 7.89. The summed E-state index contributed by atoms with van der Waals surface area (Å²) < 4.78 is 32.4. The molecule has 162 valence electrons. The fourth-order valence-electron chi connectivity index (χ4n) is 3.45. The summed E-state index contributed by atoms with van der Waals surface area (Å²) in [5.74, 6) is -0.400. The zero-order valence-corrected chi connectivity index (χ0v) is 18.9. The molecule has 1 amide bonds. The van der Waals surface area contributed by atoms with Crippen LogP contribution in [0.25, 0.3) is 0 Å². The molecular formula is C22H27ClN2O4S. The third-order valence-electron chi connectivity index (χ3n) is 5.29. The van der Waals surface area contributed by atoms with Gasteiger partial charge in [0.2, 0.25) is 10.0 Å². The van der Waals surface area contributed by atoms with Crippen molar-refractivity contribution in [3.8, 4) is 0 Å². The number of morpholine rings is 1. The van der Waals surface area contributed by atoms with Crippen molar-refractivity contribution in [2.75, 3.05) is 26.3 Å². The van der Waals surface area contributed by atoms with Gasteiger partial charge in [-0.05, 0) is 47.7 Å². The topological polar surface area (TPSA) is 75.7 Å². The van der Waals surface area contributed by atoms with Gasteiger partial charge in [-0.1, -0.05) is 43.6 Å². The molecule has 3 rings (SSSR count). The molecule has 0 aromatic heterocycles. The van der Waals surface area contributed by atoms with Crippen LogP contribution >= 0.6 is 11.6 Å². The number of halogens is 1. The Balaban J connectivity index is 1.80. The number of hydrogen-bond donors (Lipinski definition) is 1. The van der Waals surface area contributed by atoms with Crippen molar-refractivity contribution in [1.29, 1.82) is 0 Å². The van der Waals surface area contributed by atoms with Crippen LogP contribution < -0.4 is 5.32 Å². The average Bonchev–Trinajstić information content (AvgIpc) is 2.77. The highest BCUT2D eigenvalue weighted by Gasteiger charge is 2.27. The van der Waals surface area contributed by atoms with Gasteiger partial charge in [0, 0.05) is 19.6 Å². The van der Waals surface area contributed by atoms with Crippen molar-refractivity contribution in [3.05, 3.63) is 63.7 Å². The van der Waals surface area contributed by atoms with Crippen LogP contribution in [-0.4, -0.2) is 44.9 Å². The average molecular weight is 451 g/mol.